The van der Waals surface area contributed by atoms with Crippen molar-refractivity contribution in [1.82, 2.24) is 30.4 Å². The molecule has 62 heavy (non-hydrogen) atoms. The molecule has 10 nitrogen and oxygen atoms in total. The Bertz CT molecular complexity index is 2520. The lowest BCUT2D eigenvalue weighted by Crippen LogP contribution is -2.50. The number of aromatic nitrogens is 2. The number of carbonyl (C=O) groups is 4. The zero-order valence-corrected chi connectivity index (χ0v) is 36.2. The van der Waals surface area contributed by atoms with E-state index in [1.165, 1.54) is 0 Å². The molecule has 2 N–H and O–H groups in total. The number of hydrogen-bond acceptors (Lipinski definition) is 8. The quantitative estimate of drug-likeness (QED) is 0.122. The number of carbonyl (C=O) groups excluding carboxylic acids is 4. The van der Waals surface area contributed by atoms with E-state index in [9.17, 15) is 19.2 Å². The summed E-state index contributed by atoms with van der Waals surface area (Å²) in [7, 11) is 0. The molecule has 0 radical (unpaired) electrons. The molecule has 5 aromatic rings. The van der Waals surface area contributed by atoms with Crippen molar-refractivity contribution in [3.05, 3.63) is 131 Å². The summed E-state index contributed by atoms with van der Waals surface area (Å²) in [6.45, 7) is 1.30. The van der Waals surface area contributed by atoms with E-state index in [4.69, 9.17) is 9.97 Å². The monoisotopic (exact) mass is 862 g/mol. The number of nitrogens with zero attached hydrogens (tertiary/aromatic N) is 4. The van der Waals surface area contributed by atoms with Crippen LogP contribution in [0.1, 0.15) is 97.9 Å². The van der Waals surface area contributed by atoms with Gasteiger partial charge in [-0.25, -0.2) is 9.97 Å². The van der Waals surface area contributed by atoms with Crippen LogP contribution in [0.3, 0.4) is 0 Å². The lowest BCUT2D eigenvalue weighted by Gasteiger charge is -2.30. The summed E-state index contributed by atoms with van der Waals surface area (Å²) >= 11 is 3.27. The molecular weight excluding hydrogens is 813 g/mol. The first kappa shape index (κ1) is 40.4. The van der Waals surface area contributed by atoms with Crippen LogP contribution < -0.4 is 10.6 Å². The molecule has 5 aliphatic rings. The maximum Gasteiger partial charge on any atom is 0.250 e. The van der Waals surface area contributed by atoms with Gasteiger partial charge < -0.3 is 20.4 Å². The average molecular weight is 863 g/mol. The molecule has 4 heterocycles. The molecule has 2 aromatic heterocycles. The highest BCUT2D eigenvalue weighted by atomic mass is 32.1. The topological polar surface area (TPSA) is 125 Å². The molecule has 2 saturated heterocycles. The molecule has 4 fully saturated rings. The third-order valence-electron chi connectivity index (χ3n) is 12.9. The molecule has 4 atom stereocenters. The molecule has 4 amide bonds. The van der Waals surface area contributed by atoms with Gasteiger partial charge in [-0.2, -0.15) is 0 Å². The van der Waals surface area contributed by atoms with Crippen molar-refractivity contribution < 1.29 is 19.2 Å². The van der Waals surface area contributed by atoms with Gasteiger partial charge in [0.2, 0.25) is 23.6 Å². The van der Waals surface area contributed by atoms with Gasteiger partial charge in [0, 0.05) is 37.3 Å². The van der Waals surface area contributed by atoms with E-state index in [-0.39, 0.29) is 47.5 Å². The largest absolute Gasteiger partial charge is 0.341 e. The second-order valence-electron chi connectivity index (χ2n) is 17.2. The summed E-state index contributed by atoms with van der Waals surface area (Å²) in [6.07, 6.45) is 18.6. The predicted octanol–water partition coefficient (Wildman–Crippen LogP) is 9.37. The Hall–Kier alpha value is -5.72. The molecule has 2 aliphatic heterocycles. The van der Waals surface area contributed by atoms with Crippen molar-refractivity contribution in [2.24, 2.45) is 11.8 Å². The van der Waals surface area contributed by atoms with E-state index in [0.717, 1.165) is 117 Å². The van der Waals surface area contributed by atoms with Gasteiger partial charge >= 0.3 is 0 Å². The summed E-state index contributed by atoms with van der Waals surface area (Å²) in [5, 5.41) is 8.03. The van der Waals surface area contributed by atoms with E-state index in [0.29, 0.717) is 13.1 Å². The molecule has 12 heteroatoms. The zero-order valence-electron chi connectivity index (χ0n) is 34.6. The van der Waals surface area contributed by atoms with Gasteiger partial charge in [-0.15, -0.1) is 22.7 Å². The van der Waals surface area contributed by atoms with Gasteiger partial charge in [0.05, 0.1) is 21.8 Å². The second kappa shape index (κ2) is 17.6. The van der Waals surface area contributed by atoms with E-state index in [2.05, 4.69) is 65.2 Å². The highest BCUT2D eigenvalue weighted by Crippen LogP contribution is 2.41. The Morgan fingerprint density at radius 3 is 1.56 bits per heavy atom. The minimum atomic E-state index is -0.709. The van der Waals surface area contributed by atoms with Gasteiger partial charge in [0.15, 0.2) is 0 Å². The Morgan fingerprint density at radius 1 is 0.597 bits per heavy atom. The first-order valence-corrected chi connectivity index (χ1v) is 23.8. The fraction of sp³-hybridized carbons (Fsp3) is 0.360. The van der Waals surface area contributed by atoms with Crippen LogP contribution >= 0.6 is 22.7 Å². The van der Waals surface area contributed by atoms with E-state index in [1.54, 1.807) is 22.7 Å². The first-order valence-electron chi connectivity index (χ1n) is 22.1. The lowest BCUT2D eigenvalue weighted by atomic mass is 9.96. The highest BCUT2D eigenvalue weighted by Gasteiger charge is 2.41. The molecule has 0 unspecified atom stereocenters. The summed E-state index contributed by atoms with van der Waals surface area (Å²) < 4.78 is 0. The third kappa shape index (κ3) is 8.55. The number of nitrogens with one attached hydrogen (secondary N) is 2. The number of thiazole rings is 2. The minimum absolute atomic E-state index is 0.00738. The number of benzene rings is 3. The molecule has 10 rings (SSSR count). The molecule has 0 bridgehead atoms. The maximum absolute atomic E-state index is 14.2. The van der Waals surface area contributed by atoms with Crippen LogP contribution in [0, 0.1) is 11.8 Å². The van der Waals surface area contributed by atoms with Gasteiger partial charge in [-0.1, -0.05) is 97.1 Å². The molecule has 3 aromatic carbocycles. The third-order valence-corrected chi connectivity index (χ3v) is 15.2. The van der Waals surface area contributed by atoms with Gasteiger partial charge in [-0.3, -0.25) is 19.2 Å². The number of rotatable bonds is 13. The van der Waals surface area contributed by atoms with Crippen molar-refractivity contribution >= 4 is 46.3 Å². The highest BCUT2D eigenvalue weighted by molar-refractivity contribution is 7.15. The van der Waals surface area contributed by atoms with Crippen LogP contribution in [0.5, 0.6) is 0 Å². The fourth-order valence-electron chi connectivity index (χ4n) is 9.03. The Balaban J connectivity index is 0.795. The van der Waals surface area contributed by atoms with E-state index in [1.807, 2.05) is 64.7 Å². The van der Waals surface area contributed by atoms with E-state index < -0.39 is 12.1 Å². The summed E-state index contributed by atoms with van der Waals surface area (Å²) in [5.74, 6) is -0.101. The van der Waals surface area contributed by atoms with E-state index >= 15 is 0 Å². The van der Waals surface area contributed by atoms with Crippen molar-refractivity contribution in [1.29, 1.82) is 0 Å². The standard InChI is InChI=1S/C50H50N6O4S2/c57-45(37-23-24-37)53-43(35-9-3-1-4-10-35)49(59)55-27-7-13-39(55)47-51-29-41(61-47)33-19-15-31(16-20-33)32-17-21-34(22-18-32)42-30-52-48(62-42)40-14-8-28-56(40)50(60)44(36-11-5-2-6-12-36)54-46(58)38-25-26-38/h1-5,9-11,15-22,29-30,37-40,43-44H,6-8,12-14,23-28H2,(H,53,57)(H,54,58)/t39-,40-,43-,44-/m0/s1. The van der Waals surface area contributed by atoms with Gasteiger partial charge in [-0.05, 0) is 97.6 Å². The van der Waals surface area contributed by atoms with Gasteiger partial charge in [0.1, 0.15) is 22.1 Å². The SMILES string of the molecule is O=C(N[C@H](C(=O)N1CCC[C@H]1c1ncc(-c2ccc(-c3ccc(-c4cnc([C@@H]5CCCN5C(=O)[C@@H](NC(=O)C5CC5)c5ccccc5)s4)cc3)cc2)s1)C1=CC=CCC1)C1CC1. The number of allylic oxidation sites excluding steroid dienone is 3. The number of hydrogen-bond donors (Lipinski definition) is 2. The normalized spacial score (nSPS) is 20.7. The van der Waals surface area contributed by atoms with Crippen LogP contribution in [0.25, 0.3) is 32.0 Å². The fourth-order valence-corrected chi connectivity index (χ4v) is 11.2. The average Bonchev–Trinajstić information content (AvgIpc) is 4.07. The Morgan fingerprint density at radius 2 is 1.08 bits per heavy atom. The summed E-state index contributed by atoms with van der Waals surface area (Å²) in [6, 6.07) is 25.1. The molecular formula is C50H50N6O4S2. The predicted molar refractivity (Wildman–Crippen MR) is 243 cm³/mol. The van der Waals surface area contributed by atoms with Crippen LogP contribution in [0.4, 0.5) is 0 Å². The maximum atomic E-state index is 14.2. The molecule has 316 valence electrons. The van der Waals surface area contributed by atoms with Crippen LogP contribution in [-0.4, -0.2) is 62.5 Å². The number of likely N-dealkylation sites (tertiary alicyclic amines) is 2. The van der Waals surface area contributed by atoms with Crippen LogP contribution in [0.2, 0.25) is 0 Å². The molecule has 0 spiro atoms. The number of amides is 4. The van der Waals surface area contributed by atoms with Crippen molar-refractivity contribution in [2.75, 3.05) is 13.1 Å². The Kier molecular flexibility index (Phi) is 11.4. The summed E-state index contributed by atoms with van der Waals surface area (Å²) in [4.78, 5) is 69.6. The smallest absolute Gasteiger partial charge is 0.250 e. The molecule has 2 saturated carbocycles. The van der Waals surface area contributed by atoms with Crippen LogP contribution in [0.15, 0.2) is 115 Å². The molecule has 3 aliphatic carbocycles. The van der Waals surface area contributed by atoms with Gasteiger partial charge in [0.25, 0.3) is 0 Å². The lowest BCUT2D eigenvalue weighted by molar-refractivity contribution is -0.137. The minimum Gasteiger partial charge on any atom is -0.341 e. The summed E-state index contributed by atoms with van der Waals surface area (Å²) in [5.41, 5.74) is 6.15. The zero-order chi connectivity index (χ0) is 42.2. The Labute approximate surface area is 370 Å². The first-order chi connectivity index (χ1) is 30.4. The van der Waals surface area contributed by atoms with Crippen molar-refractivity contribution in [2.45, 2.75) is 88.4 Å². The second-order valence-corrected chi connectivity index (χ2v) is 19.3. The van der Waals surface area contributed by atoms with Crippen LogP contribution in [-0.2, 0) is 19.2 Å². The van der Waals surface area contributed by atoms with Crippen molar-refractivity contribution in [3.8, 4) is 32.0 Å². The van der Waals surface area contributed by atoms with Crippen molar-refractivity contribution in [3.63, 3.8) is 0 Å².